The van der Waals surface area contributed by atoms with Gasteiger partial charge in [-0.1, -0.05) is 63.3 Å². The van der Waals surface area contributed by atoms with Crippen LogP contribution >= 0.6 is 0 Å². The minimum absolute atomic E-state index is 0.0567. The van der Waals surface area contributed by atoms with Crippen molar-refractivity contribution in [3.8, 4) is 0 Å². The van der Waals surface area contributed by atoms with Gasteiger partial charge in [-0.3, -0.25) is 9.48 Å². The Labute approximate surface area is 241 Å². The van der Waals surface area contributed by atoms with E-state index in [2.05, 4.69) is 40.2 Å². The summed E-state index contributed by atoms with van der Waals surface area (Å²) in [6, 6.07) is 15.4. The number of aryl methyl sites for hydroxylation is 3. The number of anilines is 2. The number of carbonyl (C=O) groups is 2. The van der Waals surface area contributed by atoms with Gasteiger partial charge in [0.25, 0.3) is 5.91 Å². The van der Waals surface area contributed by atoms with Crippen molar-refractivity contribution in [1.82, 2.24) is 9.78 Å². The fraction of sp³-hybridized carbons (Fsp3) is 0.394. The number of carboxylic acid groups (broad SMARTS) is 1. The molecule has 0 bridgehead atoms. The summed E-state index contributed by atoms with van der Waals surface area (Å²) in [6.07, 6.45) is 11.9. The molecular formula is C33H39N5O3. The highest BCUT2D eigenvalue weighted by Crippen LogP contribution is 2.29. The maximum absolute atomic E-state index is 13.6. The Balaban J connectivity index is 1.50. The molecule has 5 rings (SSSR count). The summed E-state index contributed by atoms with van der Waals surface area (Å²) in [4.78, 5) is 28.4. The van der Waals surface area contributed by atoms with Crippen LogP contribution in [0, 0.1) is 6.92 Å². The van der Waals surface area contributed by atoms with Gasteiger partial charge in [-0.15, -0.1) is 0 Å². The number of fused-ring (bicyclic) bond motifs is 1. The zero-order chi connectivity index (χ0) is 28.9. The summed E-state index contributed by atoms with van der Waals surface area (Å²) in [5, 5.41) is 21.1. The molecule has 0 spiro atoms. The van der Waals surface area contributed by atoms with Crippen molar-refractivity contribution in [3.05, 3.63) is 75.9 Å². The third-order valence-electron chi connectivity index (χ3n) is 7.97. The Morgan fingerprint density at radius 1 is 1.05 bits per heavy atom. The maximum Gasteiger partial charge on any atom is 0.357 e. The van der Waals surface area contributed by atoms with Crippen molar-refractivity contribution in [1.29, 1.82) is 0 Å². The molecule has 0 radical (unpaired) electrons. The lowest BCUT2D eigenvalue weighted by Gasteiger charge is -2.31. The van der Waals surface area contributed by atoms with E-state index < -0.39 is 11.9 Å². The minimum Gasteiger partial charge on any atom is -0.476 e. The zero-order valence-corrected chi connectivity index (χ0v) is 24.3. The van der Waals surface area contributed by atoms with Gasteiger partial charge in [0.2, 0.25) is 0 Å². The first-order valence-electron chi connectivity index (χ1n) is 14.7. The van der Waals surface area contributed by atoms with Crippen molar-refractivity contribution >= 4 is 40.6 Å². The number of carboxylic acids is 1. The number of aliphatic carboxylic acids is 1. The van der Waals surface area contributed by atoms with E-state index in [1.807, 2.05) is 19.2 Å². The van der Waals surface area contributed by atoms with Gasteiger partial charge in [0.05, 0.1) is 22.3 Å². The monoisotopic (exact) mass is 553 g/mol. The van der Waals surface area contributed by atoms with E-state index in [4.69, 9.17) is 0 Å². The number of para-hydroxylation sites is 1. The SMILES string of the molecule is CCCCCCCCN1CCCc2cc(/C=c3/c(=C4\C(=O)N(c5ccccc5)N=C4C(=O)O)c(C)nn3C)ccc21. The summed E-state index contributed by atoms with van der Waals surface area (Å²) >= 11 is 0. The van der Waals surface area contributed by atoms with Crippen molar-refractivity contribution < 1.29 is 14.7 Å². The van der Waals surface area contributed by atoms with Crippen LogP contribution in [0.4, 0.5) is 11.4 Å². The third kappa shape index (κ3) is 5.97. The minimum atomic E-state index is -1.25. The summed E-state index contributed by atoms with van der Waals surface area (Å²) in [7, 11) is 1.82. The Morgan fingerprint density at radius 3 is 2.56 bits per heavy atom. The van der Waals surface area contributed by atoms with Gasteiger partial charge in [0, 0.05) is 31.0 Å². The highest BCUT2D eigenvalue weighted by molar-refractivity contribution is 6.65. The molecule has 2 aromatic carbocycles. The number of benzene rings is 2. The highest BCUT2D eigenvalue weighted by atomic mass is 16.4. The molecule has 41 heavy (non-hydrogen) atoms. The molecule has 214 valence electrons. The summed E-state index contributed by atoms with van der Waals surface area (Å²) in [5.74, 6) is -1.73. The van der Waals surface area contributed by atoms with E-state index in [-0.39, 0.29) is 11.3 Å². The average Bonchev–Trinajstić information content (AvgIpc) is 3.45. The number of carbonyl (C=O) groups excluding carboxylic acids is 1. The Bertz CT molecular complexity index is 1590. The predicted molar refractivity (Wildman–Crippen MR) is 164 cm³/mol. The van der Waals surface area contributed by atoms with E-state index in [0.29, 0.717) is 21.9 Å². The maximum atomic E-state index is 13.6. The second-order valence-corrected chi connectivity index (χ2v) is 10.9. The molecule has 3 aromatic rings. The fourth-order valence-electron chi connectivity index (χ4n) is 5.93. The summed E-state index contributed by atoms with van der Waals surface area (Å²) in [6.45, 7) is 6.22. The zero-order valence-electron chi connectivity index (χ0n) is 24.3. The van der Waals surface area contributed by atoms with Gasteiger partial charge in [0.1, 0.15) is 0 Å². The molecule has 0 aliphatic carbocycles. The number of hydrogen-bond donors (Lipinski definition) is 1. The summed E-state index contributed by atoms with van der Waals surface area (Å²) < 4.78 is 1.71. The Kier molecular flexibility index (Phi) is 8.67. The van der Waals surface area contributed by atoms with Crippen LogP contribution in [0.25, 0.3) is 11.6 Å². The normalized spacial score (nSPS) is 16.8. The molecule has 0 fully saturated rings. The van der Waals surface area contributed by atoms with Crippen LogP contribution in [0.1, 0.15) is 68.7 Å². The third-order valence-corrected chi connectivity index (χ3v) is 7.97. The molecule has 1 aromatic heterocycles. The Hall–Kier alpha value is -4.20. The molecule has 0 atom stereocenters. The Morgan fingerprint density at radius 2 is 1.80 bits per heavy atom. The molecule has 1 amide bonds. The molecule has 8 heteroatoms. The first-order valence-corrected chi connectivity index (χ1v) is 14.7. The van der Waals surface area contributed by atoms with E-state index in [0.717, 1.165) is 36.5 Å². The van der Waals surface area contributed by atoms with E-state index >= 15 is 0 Å². The van der Waals surface area contributed by atoms with Crippen LogP contribution < -0.4 is 20.5 Å². The van der Waals surface area contributed by atoms with Crippen LogP contribution in [0.15, 0.2) is 53.6 Å². The molecule has 2 aliphatic rings. The number of nitrogens with zero attached hydrogens (tertiary/aromatic N) is 5. The molecule has 0 saturated carbocycles. The number of unbranched alkanes of at least 4 members (excludes halogenated alkanes) is 5. The first-order chi connectivity index (χ1) is 19.9. The molecule has 8 nitrogen and oxygen atoms in total. The quantitative estimate of drug-likeness (QED) is 0.378. The van der Waals surface area contributed by atoms with Crippen LogP contribution in [-0.2, 0) is 23.1 Å². The fourth-order valence-corrected chi connectivity index (χ4v) is 5.93. The molecule has 2 aliphatic heterocycles. The van der Waals surface area contributed by atoms with Gasteiger partial charge in [-0.25, -0.2) is 4.79 Å². The molecule has 0 saturated heterocycles. The van der Waals surface area contributed by atoms with Crippen LogP contribution in [0.3, 0.4) is 0 Å². The second kappa shape index (κ2) is 12.5. The van der Waals surface area contributed by atoms with Crippen LogP contribution in [0.2, 0.25) is 0 Å². The van der Waals surface area contributed by atoms with E-state index in [1.165, 1.54) is 49.8 Å². The van der Waals surface area contributed by atoms with Crippen molar-refractivity contribution in [3.63, 3.8) is 0 Å². The lowest BCUT2D eigenvalue weighted by atomic mass is 9.98. The lowest BCUT2D eigenvalue weighted by molar-refractivity contribution is -0.129. The van der Waals surface area contributed by atoms with E-state index in [9.17, 15) is 14.7 Å². The van der Waals surface area contributed by atoms with Crippen LogP contribution in [0.5, 0.6) is 0 Å². The molecular weight excluding hydrogens is 514 g/mol. The number of aromatic nitrogens is 2. The molecule has 3 heterocycles. The molecule has 0 unspecified atom stereocenters. The number of rotatable bonds is 10. The average molecular weight is 554 g/mol. The van der Waals surface area contributed by atoms with Gasteiger partial charge >= 0.3 is 5.97 Å². The van der Waals surface area contributed by atoms with E-state index in [1.54, 1.807) is 35.9 Å². The number of hydrazone groups is 1. The number of amides is 1. The largest absolute Gasteiger partial charge is 0.476 e. The smallest absolute Gasteiger partial charge is 0.357 e. The predicted octanol–water partition coefficient (Wildman–Crippen LogP) is 4.31. The summed E-state index contributed by atoms with van der Waals surface area (Å²) in [5.41, 5.74) is 4.50. The lowest BCUT2D eigenvalue weighted by Crippen LogP contribution is -2.37. The van der Waals surface area contributed by atoms with Gasteiger partial charge in [-0.05, 0) is 67.7 Å². The van der Waals surface area contributed by atoms with Crippen molar-refractivity contribution in [2.45, 2.75) is 65.2 Å². The van der Waals surface area contributed by atoms with Crippen LogP contribution in [-0.4, -0.2) is 45.6 Å². The van der Waals surface area contributed by atoms with Crippen molar-refractivity contribution in [2.24, 2.45) is 12.1 Å². The first kappa shape index (κ1) is 28.3. The second-order valence-electron chi connectivity index (χ2n) is 10.9. The van der Waals surface area contributed by atoms with Gasteiger partial charge in [0.15, 0.2) is 5.71 Å². The van der Waals surface area contributed by atoms with Crippen molar-refractivity contribution in [2.75, 3.05) is 23.0 Å². The highest BCUT2D eigenvalue weighted by Gasteiger charge is 2.36. The number of hydrogen-bond acceptors (Lipinski definition) is 5. The topological polar surface area (TPSA) is 91.0 Å². The van der Waals surface area contributed by atoms with Gasteiger partial charge < -0.3 is 10.0 Å². The standard InChI is InChI=1S/C33H39N5O3/c1-4-5-6-7-8-12-19-37-20-13-14-25-21-24(17-18-27(25)37)22-28-29(23(2)34-36(28)3)30-31(33(40)41)35-38(32(30)39)26-15-10-9-11-16-26/h9-11,15-18,21-22H,4-8,12-14,19-20H2,1-3H3,(H,40,41)/b28-22-,30-29-. The molecule has 1 N–H and O–H groups in total. The van der Waals surface area contributed by atoms with Gasteiger partial charge in [-0.2, -0.15) is 15.2 Å².